The quantitative estimate of drug-likeness (QED) is 0.694. The largest absolute Gasteiger partial charge is 0.474 e. The number of Topliss-reactive ketones (excluding diaryl/α,β-unsaturated/α-hetero) is 2. The predicted molar refractivity (Wildman–Crippen MR) is 87.8 cm³/mol. The Morgan fingerprint density at radius 2 is 1.91 bits per heavy atom. The van der Waals surface area contributed by atoms with Gasteiger partial charge < -0.3 is 9.47 Å². The highest BCUT2D eigenvalue weighted by atomic mass is 32.2. The maximum absolute atomic E-state index is 12.9. The van der Waals surface area contributed by atoms with Crippen LogP contribution in [-0.4, -0.2) is 36.0 Å². The SMILES string of the molecule is CCCC1=C(SCC)C(=O)C2OC(C(=O)OCC)=C(C)C2C1=O. The minimum absolute atomic E-state index is 0.0159. The van der Waals surface area contributed by atoms with E-state index in [2.05, 4.69) is 0 Å². The topological polar surface area (TPSA) is 69.7 Å². The Morgan fingerprint density at radius 3 is 2.48 bits per heavy atom. The maximum Gasteiger partial charge on any atom is 0.373 e. The van der Waals surface area contributed by atoms with E-state index >= 15 is 0 Å². The first-order valence-corrected chi connectivity index (χ1v) is 8.95. The molecule has 0 bridgehead atoms. The van der Waals surface area contributed by atoms with Gasteiger partial charge in [-0.05, 0) is 31.6 Å². The van der Waals surface area contributed by atoms with Gasteiger partial charge in [0.05, 0.1) is 17.4 Å². The zero-order valence-corrected chi connectivity index (χ0v) is 14.7. The fourth-order valence-electron chi connectivity index (χ4n) is 2.97. The zero-order valence-electron chi connectivity index (χ0n) is 13.9. The summed E-state index contributed by atoms with van der Waals surface area (Å²) < 4.78 is 10.5. The number of fused-ring (bicyclic) bond motifs is 1. The van der Waals surface area contributed by atoms with E-state index in [1.165, 1.54) is 11.8 Å². The second-order valence-electron chi connectivity index (χ2n) is 5.47. The van der Waals surface area contributed by atoms with Crippen LogP contribution >= 0.6 is 11.8 Å². The highest BCUT2D eigenvalue weighted by Gasteiger charge is 2.51. The first-order chi connectivity index (χ1) is 11.0. The smallest absolute Gasteiger partial charge is 0.373 e. The Balaban J connectivity index is 2.42. The van der Waals surface area contributed by atoms with Gasteiger partial charge in [0.2, 0.25) is 11.5 Å². The number of esters is 1. The number of rotatable bonds is 6. The third-order valence-electron chi connectivity index (χ3n) is 3.96. The molecule has 0 spiro atoms. The van der Waals surface area contributed by atoms with Crippen molar-refractivity contribution in [2.75, 3.05) is 12.4 Å². The van der Waals surface area contributed by atoms with Gasteiger partial charge in [0, 0.05) is 5.57 Å². The molecule has 1 heterocycles. The number of carbonyl (C=O) groups is 3. The molecule has 6 heteroatoms. The van der Waals surface area contributed by atoms with Gasteiger partial charge in [-0.25, -0.2) is 4.79 Å². The number of ether oxygens (including phenoxy) is 2. The molecule has 1 aliphatic heterocycles. The molecule has 0 N–H and O–H groups in total. The molecule has 5 nitrogen and oxygen atoms in total. The van der Waals surface area contributed by atoms with E-state index < -0.39 is 18.0 Å². The lowest BCUT2D eigenvalue weighted by atomic mass is 9.79. The summed E-state index contributed by atoms with van der Waals surface area (Å²) in [5.41, 5.74) is 1.08. The van der Waals surface area contributed by atoms with Gasteiger partial charge in [-0.2, -0.15) is 0 Å². The first kappa shape index (κ1) is 17.8. The lowest BCUT2D eigenvalue weighted by molar-refractivity contribution is -0.145. The van der Waals surface area contributed by atoms with Gasteiger partial charge in [-0.3, -0.25) is 9.59 Å². The molecule has 0 amide bonds. The standard InChI is InChI=1S/C17H22O5S/c1-5-8-10-12(18)11-9(4)14(17(20)21-6-2)22-15(11)13(19)16(10)23-7-3/h11,15H,5-8H2,1-4H3. The predicted octanol–water partition coefficient (Wildman–Crippen LogP) is 2.80. The van der Waals surface area contributed by atoms with E-state index in [4.69, 9.17) is 9.47 Å². The van der Waals surface area contributed by atoms with Crippen molar-refractivity contribution >= 4 is 29.3 Å². The summed E-state index contributed by atoms with van der Waals surface area (Å²) in [6.07, 6.45) is 0.433. The van der Waals surface area contributed by atoms with Crippen LogP contribution in [0.25, 0.3) is 0 Å². The summed E-state index contributed by atoms with van der Waals surface area (Å²) in [6.45, 7) is 7.50. The molecule has 0 radical (unpaired) electrons. The van der Waals surface area contributed by atoms with Crippen molar-refractivity contribution in [2.45, 2.75) is 46.6 Å². The van der Waals surface area contributed by atoms with Crippen LogP contribution in [0.4, 0.5) is 0 Å². The fraction of sp³-hybridized carbons (Fsp3) is 0.588. The summed E-state index contributed by atoms with van der Waals surface area (Å²) in [5, 5.41) is 0. The van der Waals surface area contributed by atoms with Crippen molar-refractivity contribution in [1.82, 2.24) is 0 Å². The molecule has 2 rings (SSSR count). The average molecular weight is 338 g/mol. The third kappa shape index (κ3) is 3.09. The Morgan fingerprint density at radius 1 is 1.22 bits per heavy atom. The lowest BCUT2D eigenvalue weighted by Gasteiger charge is -2.27. The molecule has 2 aliphatic rings. The summed E-state index contributed by atoms with van der Waals surface area (Å²) in [4.78, 5) is 38.1. The Labute approximate surface area is 140 Å². The van der Waals surface area contributed by atoms with Crippen LogP contribution < -0.4 is 0 Å². The molecule has 0 aromatic heterocycles. The molecule has 2 atom stereocenters. The van der Waals surface area contributed by atoms with Gasteiger partial charge in [0.1, 0.15) is 0 Å². The molecule has 0 saturated heterocycles. The average Bonchev–Trinajstić information content (AvgIpc) is 2.86. The monoisotopic (exact) mass is 338 g/mol. The van der Waals surface area contributed by atoms with Crippen molar-refractivity contribution < 1.29 is 23.9 Å². The summed E-state index contributed by atoms with van der Waals surface area (Å²) in [7, 11) is 0. The summed E-state index contributed by atoms with van der Waals surface area (Å²) >= 11 is 1.38. The van der Waals surface area contributed by atoms with Crippen molar-refractivity contribution in [3.8, 4) is 0 Å². The van der Waals surface area contributed by atoms with Crippen LogP contribution in [0, 0.1) is 5.92 Å². The van der Waals surface area contributed by atoms with E-state index in [0.717, 1.165) is 6.42 Å². The van der Waals surface area contributed by atoms with Gasteiger partial charge in [-0.15, -0.1) is 11.8 Å². The van der Waals surface area contributed by atoms with Crippen LogP contribution in [0.5, 0.6) is 0 Å². The number of hydrogen-bond acceptors (Lipinski definition) is 6. The molecule has 0 saturated carbocycles. The molecule has 0 aromatic rings. The Kier molecular flexibility index (Phi) is 5.68. The number of ketones is 2. The highest BCUT2D eigenvalue weighted by Crippen LogP contribution is 2.43. The third-order valence-corrected chi connectivity index (χ3v) is 4.98. The normalized spacial score (nSPS) is 24.0. The highest BCUT2D eigenvalue weighted by molar-refractivity contribution is 8.04. The molecular weight excluding hydrogens is 316 g/mol. The molecule has 0 aromatic carbocycles. The Hall–Kier alpha value is -1.56. The van der Waals surface area contributed by atoms with Crippen molar-refractivity contribution in [2.24, 2.45) is 5.92 Å². The molecule has 0 fully saturated rings. The van der Waals surface area contributed by atoms with Crippen LogP contribution in [0.2, 0.25) is 0 Å². The molecule has 2 unspecified atom stereocenters. The maximum atomic E-state index is 12.9. The van der Waals surface area contributed by atoms with Gasteiger partial charge in [-0.1, -0.05) is 20.3 Å². The van der Waals surface area contributed by atoms with Crippen LogP contribution in [0.3, 0.4) is 0 Å². The van der Waals surface area contributed by atoms with E-state index in [1.54, 1.807) is 13.8 Å². The minimum Gasteiger partial charge on any atom is -0.474 e. The number of hydrogen-bond donors (Lipinski definition) is 0. The first-order valence-electron chi connectivity index (χ1n) is 7.96. The fourth-order valence-corrected chi connectivity index (χ4v) is 3.89. The van der Waals surface area contributed by atoms with Crippen molar-refractivity contribution in [3.63, 3.8) is 0 Å². The number of thioether (sulfide) groups is 1. The van der Waals surface area contributed by atoms with Crippen molar-refractivity contribution in [3.05, 3.63) is 21.8 Å². The van der Waals surface area contributed by atoms with E-state index in [1.807, 2.05) is 13.8 Å². The zero-order chi connectivity index (χ0) is 17.1. The Bertz CT molecular complexity index is 602. The number of carbonyl (C=O) groups excluding carboxylic acids is 3. The molecular formula is C17H22O5S. The number of allylic oxidation sites excluding steroid dienone is 1. The van der Waals surface area contributed by atoms with Crippen LogP contribution in [-0.2, 0) is 23.9 Å². The second kappa shape index (κ2) is 7.34. The minimum atomic E-state index is -0.920. The van der Waals surface area contributed by atoms with Gasteiger partial charge in [0.25, 0.3) is 0 Å². The van der Waals surface area contributed by atoms with Gasteiger partial charge >= 0.3 is 5.97 Å². The summed E-state index contributed by atoms with van der Waals surface area (Å²) in [6, 6.07) is 0. The second-order valence-corrected chi connectivity index (χ2v) is 6.74. The van der Waals surface area contributed by atoms with Crippen molar-refractivity contribution in [1.29, 1.82) is 0 Å². The summed E-state index contributed by atoms with van der Waals surface area (Å²) in [5.74, 6) is -0.864. The lowest BCUT2D eigenvalue weighted by Crippen LogP contribution is -2.40. The van der Waals surface area contributed by atoms with Gasteiger partial charge in [0.15, 0.2) is 11.9 Å². The molecule has 1 aliphatic carbocycles. The van der Waals surface area contributed by atoms with E-state index in [-0.39, 0.29) is 23.9 Å². The van der Waals surface area contributed by atoms with Crippen LogP contribution in [0.15, 0.2) is 21.8 Å². The van der Waals surface area contributed by atoms with E-state index in [9.17, 15) is 14.4 Å². The van der Waals surface area contributed by atoms with Crippen LogP contribution in [0.1, 0.15) is 40.5 Å². The molecule has 126 valence electrons. The van der Waals surface area contributed by atoms with E-state index in [0.29, 0.717) is 28.2 Å². The molecule has 23 heavy (non-hydrogen) atoms.